The predicted molar refractivity (Wildman–Crippen MR) is 100 cm³/mol. The van der Waals surface area contributed by atoms with Gasteiger partial charge in [-0.1, -0.05) is 18.2 Å². The molecule has 0 bridgehead atoms. The van der Waals surface area contributed by atoms with Crippen LogP contribution < -0.4 is 10.1 Å². The maximum atomic E-state index is 9.80. The third-order valence-electron chi connectivity index (χ3n) is 5.45. The van der Waals surface area contributed by atoms with Crippen molar-refractivity contribution in [1.82, 2.24) is 9.97 Å². The smallest absolute Gasteiger partial charge is 0.145 e. The van der Waals surface area contributed by atoms with Crippen LogP contribution in [0, 0.1) is 5.92 Å². The summed E-state index contributed by atoms with van der Waals surface area (Å²) in [6.45, 7) is 0.759. The number of anilines is 1. The molecule has 2 N–H and O–H groups in total. The van der Waals surface area contributed by atoms with Crippen molar-refractivity contribution in [2.75, 3.05) is 11.9 Å². The lowest BCUT2D eigenvalue weighted by Crippen LogP contribution is -2.36. The molecule has 2 heterocycles. The second-order valence-electron chi connectivity index (χ2n) is 7.22. The Kier molecular flexibility index (Phi) is 3.75. The zero-order valence-corrected chi connectivity index (χ0v) is 14.4. The van der Waals surface area contributed by atoms with E-state index in [-0.39, 0.29) is 12.1 Å². The number of aliphatic hydroxyl groups excluding tert-OH is 1. The minimum absolute atomic E-state index is 0.111. The van der Waals surface area contributed by atoms with Gasteiger partial charge in [-0.25, -0.2) is 4.98 Å². The van der Waals surface area contributed by atoms with E-state index in [0.717, 1.165) is 48.5 Å². The van der Waals surface area contributed by atoms with Gasteiger partial charge in [0.05, 0.1) is 36.0 Å². The zero-order chi connectivity index (χ0) is 17.5. The number of fused-ring (bicyclic) bond motifs is 2. The van der Waals surface area contributed by atoms with E-state index in [9.17, 15) is 5.11 Å². The lowest BCUT2D eigenvalue weighted by atomic mass is 9.75. The minimum atomic E-state index is -0.190. The van der Waals surface area contributed by atoms with Crippen LogP contribution in [0.15, 0.2) is 48.7 Å². The van der Waals surface area contributed by atoms with Crippen LogP contribution in [-0.4, -0.2) is 27.8 Å². The molecule has 132 valence electrons. The molecular weight excluding hydrogens is 326 g/mol. The van der Waals surface area contributed by atoms with E-state index in [1.165, 1.54) is 11.1 Å². The molecule has 1 atom stereocenters. The first-order valence-corrected chi connectivity index (χ1v) is 9.18. The van der Waals surface area contributed by atoms with E-state index >= 15 is 0 Å². The fourth-order valence-electron chi connectivity index (χ4n) is 3.96. The fraction of sp³-hybridized carbons (Fsp3) is 0.333. The highest BCUT2D eigenvalue weighted by Crippen LogP contribution is 2.41. The van der Waals surface area contributed by atoms with Crippen molar-refractivity contribution in [1.29, 1.82) is 0 Å². The summed E-state index contributed by atoms with van der Waals surface area (Å²) < 4.78 is 5.63. The molecule has 5 heteroatoms. The lowest BCUT2D eigenvalue weighted by molar-refractivity contribution is 0.0339. The quantitative estimate of drug-likeness (QED) is 0.756. The molecule has 1 unspecified atom stereocenters. The van der Waals surface area contributed by atoms with Crippen LogP contribution in [0.2, 0.25) is 0 Å². The van der Waals surface area contributed by atoms with Crippen LogP contribution in [0.1, 0.15) is 30.0 Å². The Morgan fingerprint density at radius 3 is 2.81 bits per heavy atom. The number of nitrogens with one attached hydrogen (secondary N) is 1. The Labute approximate surface area is 152 Å². The number of nitrogens with zero attached hydrogens (tertiary/aromatic N) is 2. The first-order valence-electron chi connectivity index (χ1n) is 9.18. The Morgan fingerprint density at radius 1 is 1.12 bits per heavy atom. The number of aliphatic hydroxyl groups is 1. The van der Waals surface area contributed by atoms with Gasteiger partial charge >= 0.3 is 0 Å². The largest absolute Gasteiger partial charge is 0.493 e. The highest BCUT2D eigenvalue weighted by molar-refractivity contribution is 5.75. The Hall–Kier alpha value is -2.66. The highest BCUT2D eigenvalue weighted by Gasteiger charge is 2.35. The van der Waals surface area contributed by atoms with Gasteiger partial charge in [0.2, 0.25) is 0 Å². The molecule has 0 spiro atoms. The molecule has 1 aromatic heterocycles. The fourth-order valence-corrected chi connectivity index (χ4v) is 3.96. The molecule has 1 aliphatic carbocycles. The molecule has 2 aromatic carbocycles. The van der Waals surface area contributed by atoms with Gasteiger partial charge in [-0.05, 0) is 54.2 Å². The van der Waals surface area contributed by atoms with Crippen molar-refractivity contribution in [2.45, 2.75) is 31.4 Å². The number of hydrogen-bond donors (Lipinski definition) is 2. The standard InChI is InChI=1S/C21H21N3O2/c25-16-10-15(11-16)21(14-5-6-19-13(9-14)7-8-26-19)24-20-12-22-17-3-1-2-4-18(17)23-20/h1-6,9,12,15-16,21,25H,7-8,10-11H2,(H,23,24). The van der Waals surface area contributed by atoms with Crippen LogP contribution >= 0.6 is 0 Å². The first kappa shape index (κ1) is 15.6. The van der Waals surface area contributed by atoms with Crippen LogP contribution in [0.25, 0.3) is 11.0 Å². The average molecular weight is 347 g/mol. The van der Waals surface area contributed by atoms with Gasteiger partial charge < -0.3 is 15.2 Å². The summed E-state index contributed by atoms with van der Waals surface area (Å²) >= 11 is 0. The summed E-state index contributed by atoms with van der Waals surface area (Å²) in [4.78, 5) is 9.22. The third-order valence-corrected chi connectivity index (χ3v) is 5.45. The van der Waals surface area contributed by atoms with E-state index in [0.29, 0.717) is 5.92 Å². The molecule has 3 aromatic rings. The van der Waals surface area contributed by atoms with E-state index in [1.54, 1.807) is 6.20 Å². The monoisotopic (exact) mass is 347 g/mol. The summed E-state index contributed by atoms with van der Waals surface area (Å²) in [5.74, 6) is 2.15. The van der Waals surface area contributed by atoms with Gasteiger partial charge in [-0.2, -0.15) is 0 Å². The van der Waals surface area contributed by atoms with Gasteiger partial charge in [0.25, 0.3) is 0 Å². The summed E-state index contributed by atoms with van der Waals surface area (Å²) in [5, 5.41) is 13.4. The van der Waals surface area contributed by atoms with Gasteiger partial charge in [-0.15, -0.1) is 0 Å². The number of ether oxygens (including phenoxy) is 1. The summed E-state index contributed by atoms with van der Waals surface area (Å²) in [5.41, 5.74) is 4.26. The predicted octanol–water partition coefficient (Wildman–Crippen LogP) is 3.49. The molecule has 0 radical (unpaired) electrons. The molecule has 1 saturated carbocycles. The van der Waals surface area contributed by atoms with Gasteiger partial charge in [0.1, 0.15) is 11.6 Å². The van der Waals surface area contributed by atoms with Crippen LogP contribution in [0.4, 0.5) is 5.82 Å². The first-order chi connectivity index (χ1) is 12.8. The third kappa shape index (κ3) is 2.78. The number of benzene rings is 2. The second-order valence-corrected chi connectivity index (χ2v) is 7.22. The molecular formula is C21H21N3O2. The zero-order valence-electron chi connectivity index (χ0n) is 14.4. The molecule has 1 fully saturated rings. The minimum Gasteiger partial charge on any atom is -0.493 e. The van der Waals surface area contributed by atoms with Crippen molar-refractivity contribution in [3.05, 3.63) is 59.8 Å². The highest BCUT2D eigenvalue weighted by atomic mass is 16.5. The summed E-state index contributed by atoms with van der Waals surface area (Å²) in [6, 6.07) is 14.4. The summed E-state index contributed by atoms with van der Waals surface area (Å²) in [7, 11) is 0. The van der Waals surface area contributed by atoms with Gasteiger partial charge in [0.15, 0.2) is 0 Å². The topological polar surface area (TPSA) is 67.3 Å². The normalized spacial score (nSPS) is 22.3. The maximum Gasteiger partial charge on any atom is 0.145 e. The van der Waals surface area contributed by atoms with E-state index in [2.05, 4.69) is 28.5 Å². The molecule has 5 rings (SSSR count). The summed E-state index contributed by atoms with van der Waals surface area (Å²) in [6.07, 6.45) is 4.18. The Balaban J connectivity index is 1.47. The average Bonchev–Trinajstić information content (AvgIpc) is 3.11. The Morgan fingerprint density at radius 2 is 1.96 bits per heavy atom. The van der Waals surface area contributed by atoms with Crippen LogP contribution in [-0.2, 0) is 6.42 Å². The second kappa shape index (κ2) is 6.25. The molecule has 5 nitrogen and oxygen atoms in total. The van der Waals surface area contributed by atoms with E-state index in [4.69, 9.17) is 9.72 Å². The molecule has 0 saturated heterocycles. The lowest BCUT2D eigenvalue weighted by Gasteiger charge is -2.38. The van der Waals surface area contributed by atoms with Crippen molar-refractivity contribution >= 4 is 16.9 Å². The van der Waals surface area contributed by atoms with Crippen molar-refractivity contribution in [3.63, 3.8) is 0 Å². The number of aromatic nitrogens is 2. The van der Waals surface area contributed by atoms with E-state index in [1.807, 2.05) is 24.3 Å². The van der Waals surface area contributed by atoms with Crippen molar-refractivity contribution in [2.24, 2.45) is 5.92 Å². The van der Waals surface area contributed by atoms with Crippen molar-refractivity contribution < 1.29 is 9.84 Å². The van der Waals surface area contributed by atoms with Gasteiger partial charge in [0, 0.05) is 6.42 Å². The van der Waals surface area contributed by atoms with Crippen LogP contribution in [0.5, 0.6) is 5.75 Å². The molecule has 26 heavy (non-hydrogen) atoms. The van der Waals surface area contributed by atoms with Crippen molar-refractivity contribution in [3.8, 4) is 5.75 Å². The number of rotatable bonds is 4. The SMILES string of the molecule is OC1CC(C(Nc2cnc3ccccc3n2)c2ccc3c(c2)CCO3)C1. The molecule has 2 aliphatic rings. The molecule has 0 amide bonds. The number of para-hydroxylation sites is 2. The van der Waals surface area contributed by atoms with Crippen LogP contribution in [0.3, 0.4) is 0 Å². The van der Waals surface area contributed by atoms with Gasteiger partial charge in [-0.3, -0.25) is 4.98 Å². The Bertz CT molecular complexity index is 953. The van der Waals surface area contributed by atoms with E-state index < -0.39 is 0 Å². The molecule has 1 aliphatic heterocycles. The maximum absolute atomic E-state index is 9.80. The number of hydrogen-bond acceptors (Lipinski definition) is 5.